The van der Waals surface area contributed by atoms with E-state index in [1.165, 1.54) is 0 Å². The Kier molecular flexibility index (Phi) is 4.88. The smallest absolute Gasteiger partial charge is 0.352 e. The first kappa shape index (κ1) is 15.8. The van der Waals surface area contributed by atoms with Crippen LogP contribution in [0.2, 0.25) is 0 Å². The van der Waals surface area contributed by atoms with Gasteiger partial charge in [0.2, 0.25) is 5.91 Å². The van der Waals surface area contributed by atoms with Gasteiger partial charge in [0, 0.05) is 19.6 Å². The van der Waals surface area contributed by atoms with Crippen molar-refractivity contribution in [3.63, 3.8) is 0 Å². The molecule has 2 rings (SSSR count). The van der Waals surface area contributed by atoms with E-state index in [-0.39, 0.29) is 19.6 Å². The molecule has 0 spiro atoms. The molecule has 0 saturated carbocycles. The van der Waals surface area contributed by atoms with Crippen LogP contribution in [0.3, 0.4) is 0 Å². The fourth-order valence-electron chi connectivity index (χ4n) is 2.69. The number of nitrogens with one attached hydrogen (secondary N) is 2. The topological polar surface area (TPSA) is 41.1 Å². The number of carbonyl (C=O) groups is 1. The third kappa shape index (κ3) is 3.75. The SMILES string of the molecule is CCc1ccccc1CNC(=O)[C@@H]1CNC[C@H]1C(F)(F)F. The zero-order chi connectivity index (χ0) is 15.5. The second-order valence-electron chi connectivity index (χ2n) is 5.25. The van der Waals surface area contributed by atoms with Crippen molar-refractivity contribution in [2.75, 3.05) is 13.1 Å². The van der Waals surface area contributed by atoms with Gasteiger partial charge in [0.05, 0.1) is 11.8 Å². The number of amides is 1. The van der Waals surface area contributed by atoms with Crippen molar-refractivity contribution in [2.45, 2.75) is 26.1 Å². The van der Waals surface area contributed by atoms with Crippen molar-refractivity contribution in [1.29, 1.82) is 0 Å². The van der Waals surface area contributed by atoms with E-state index in [0.29, 0.717) is 0 Å². The molecule has 1 aromatic carbocycles. The number of carbonyl (C=O) groups excluding carboxylic acids is 1. The Morgan fingerprint density at radius 2 is 1.95 bits per heavy atom. The number of hydrogen-bond donors (Lipinski definition) is 2. The summed E-state index contributed by atoms with van der Waals surface area (Å²) in [6.45, 7) is 2.16. The lowest BCUT2D eigenvalue weighted by Crippen LogP contribution is -2.39. The van der Waals surface area contributed by atoms with E-state index in [9.17, 15) is 18.0 Å². The first-order valence-electron chi connectivity index (χ1n) is 7.05. The van der Waals surface area contributed by atoms with Gasteiger partial charge in [-0.1, -0.05) is 31.2 Å². The van der Waals surface area contributed by atoms with E-state index in [2.05, 4.69) is 10.6 Å². The van der Waals surface area contributed by atoms with Gasteiger partial charge in [0.1, 0.15) is 0 Å². The van der Waals surface area contributed by atoms with Crippen LogP contribution in [0.1, 0.15) is 18.1 Å². The molecule has 3 nitrogen and oxygen atoms in total. The summed E-state index contributed by atoms with van der Waals surface area (Å²) in [6.07, 6.45) is -3.52. The van der Waals surface area contributed by atoms with E-state index in [0.717, 1.165) is 17.5 Å². The van der Waals surface area contributed by atoms with Crippen molar-refractivity contribution in [1.82, 2.24) is 10.6 Å². The summed E-state index contributed by atoms with van der Waals surface area (Å²) in [4.78, 5) is 12.0. The molecule has 0 bridgehead atoms. The first-order chi connectivity index (χ1) is 9.93. The second-order valence-corrected chi connectivity index (χ2v) is 5.25. The Labute approximate surface area is 121 Å². The van der Waals surface area contributed by atoms with Gasteiger partial charge >= 0.3 is 6.18 Å². The van der Waals surface area contributed by atoms with Crippen molar-refractivity contribution >= 4 is 5.91 Å². The summed E-state index contributed by atoms with van der Waals surface area (Å²) >= 11 is 0. The molecule has 2 atom stereocenters. The summed E-state index contributed by atoms with van der Waals surface area (Å²) in [5, 5.41) is 5.29. The van der Waals surface area contributed by atoms with E-state index < -0.39 is 23.9 Å². The molecule has 6 heteroatoms. The molecule has 0 radical (unpaired) electrons. The largest absolute Gasteiger partial charge is 0.393 e. The molecule has 0 aromatic heterocycles. The molecule has 116 valence electrons. The van der Waals surface area contributed by atoms with Gasteiger partial charge in [-0.15, -0.1) is 0 Å². The van der Waals surface area contributed by atoms with Gasteiger partial charge in [-0.3, -0.25) is 4.79 Å². The number of hydrogen-bond acceptors (Lipinski definition) is 2. The van der Waals surface area contributed by atoms with Crippen molar-refractivity contribution in [3.8, 4) is 0 Å². The van der Waals surface area contributed by atoms with Crippen LogP contribution in [-0.4, -0.2) is 25.2 Å². The van der Waals surface area contributed by atoms with Gasteiger partial charge in [0.25, 0.3) is 0 Å². The zero-order valence-electron chi connectivity index (χ0n) is 11.8. The molecule has 1 heterocycles. The maximum atomic E-state index is 12.8. The summed E-state index contributed by atoms with van der Waals surface area (Å²) in [7, 11) is 0. The Morgan fingerprint density at radius 3 is 2.57 bits per heavy atom. The lowest BCUT2D eigenvalue weighted by Gasteiger charge is -2.21. The molecule has 0 unspecified atom stereocenters. The predicted octanol–water partition coefficient (Wildman–Crippen LogP) is 2.26. The summed E-state index contributed by atoms with van der Waals surface area (Å²) in [5.41, 5.74) is 2.04. The number of rotatable bonds is 4. The normalized spacial score (nSPS) is 22.3. The fraction of sp³-hybridized carbons (Fsp3) is 0.533. The van der Waals surface area contributed by atoms with Crippen LogP contribution in [0.15, 0.2) is 24.3 Å². The number of aryl methyl sites for hydroxylation is 1. The van der Waals surface area contributed by atoms with Gasteiger partial charge in [0.15, 0.2) is 0 Å². The third-order valence-electron chi connectivity index (χ3n) is 3.92. The van der Waals surface area contributed by atoms with Gasteiger partial charge in [-0.25, -0.2) is 0 Å². The van der Waals surface area contributed by atoms with Crippen LogP contribution in [0.5, 0.6) is 0 Å². The molecule has 1 aliphatic rings. The molecule has 21 heavy (non-hydrogen) atoms. The predicted molar refractivity (Wildman–Crippen MR) is 73.6 cm³/mol. The van der Waals surface area contributed by atoms with E-state index in [1.807, 2.05) is 31.2 Å². The monoisotopic (exact) mass is 300 g/mol. The lowest BCUT2D eigenvalue weighted by molar-refractivity contribution is -0.182. The van der Waals surface area contributed by atoms with Crippen LogP contribution in [0.25, 0.3) is 0 Å². The Balaban J connectivity index is 1.98. The third-order valence-corrected chi connectivity index (χ3v) is 3.92. The van der Waals surface area contributed by atoms with Crippen molar-refractivity contribution < 1.29 is 18.0 Å². The molecule has 2 N–H and O–H groups in total. The minimum Gasteiger partial charge on any atom is -0.352 e. The first-order valence-corrected chi connectivity index (χ1v) is 7.05. The Hall–Kier alpha value is -1.56. The average Bonchev–Trinajstić information content (AvgIpc) is 2.94. The van der Waals surface area contributed by atoms with Crippen molar-refractivity contribution in [3.05, 3.63) is 35.4 Å². The molecule has 1 aromatic rings. The molecule has 1 fully saturated rings. The maximum absolute atomic E-state index is 12.8. The lowest BCUT2D eigenvalue weighted by atomic mass is 9.94. The highest BCUT2D eigenvalue weighted by atomic mass is 19.4. The van der Waals surface area contributed by atoms with Crippen LogP contribution < -0.4 is 10.6 Å². The van der Waals surface area contributed by atoms with Crippen LogP contribution in [0.4, 0.5) is 13.2 Å². The summed E-state index contributed by atoms with van der Waals surface area (Å²) in [5.74, 6) is -3.18. The summed E-state index contributed by atoms with van der Waals surface area (Å²) in [6, 6.07) is 7.60. The molecule has 1 amide bonds. The number of benzene rings is 1. The number of alkyl halides is 3. The van der Waals surface area contributed by atoms with Crippen LogP contribution in [-0.2, 0) is 17.8 Å². The Morgan fingerprint density at radius 1 is 1.29 bits per heavy atom. The van der Waals surface area contributed by atoms with Crippen LogP contribution >= 0.6 is 0 Å². The quantitative estimate of drug-likeness (QED) is 0.895. The highest BCUT2D eigenvalue weighted by Crippen LogP contribution is 2.34. The minimum absolute atomic E-state index is 0.0748. The standard InChI is InChI=1S/C15H19F3N2O/c1-2-10-5-3-4-6-11(10)7-20-14(21)12-8-19-9-13(12)15(16,17)18/h3-6,12-13,19H,2,7-9H2,1H3,(H,20,21)/t12-,13-/m1/s1. The second kappa shape index (κ2) is 6.47. The summed E-state index contributed by atoms with van der Waals surface area (Å²) < 4.78 is 38.5. The van der Waals surface area contributed by atoms with E-state index in [4.69, 9.17) is 0 Å². The number of halogens is 3. The zero-order valence-corrected chi connectivity index (χ0v) is 11.8. The molecular weight excluding hydrogens is 281 g/mol. The highest BCUT2D eigenvalue weighted by molar-refractivity contribution is 5.79. The van der Waals surface area contributed by atoms with E-state index in [1.54, 1.807) is 0 Å². The highest BCUT2D eigenvalue weighted by Gasteiger charge is 2.49. The average molecular weight is 300 g/mol. The Bertz CT molecular complexity index is 502. The molecule has 0 aliphatic carbocycles. The van der Waals surface area contributed by atoms with Gasteiger partial charge < -0.3 is 10.6 Å². The van der Waals surface area contributed by atoms with Gasteiger partial charge in [-0.2, -0.15) is 13.2 Å². The fourth-order valence-corrected chi connectivity index (χ4v) is 2.69. The van der Waals surface area contributed by atoms with Crippen molar-refractivity contribution in [2.24, 2.45) is 11.8 Å². The maximum Gasteiger partial charge on any atom is 0.393 e. The van der Waals surface area contributed by atoms with E-state index >= 15 is 0 Å². The molecule has 1 aliphatic heterocycles. The van der Waals surface area contributed by atoms with Gasteiger partial charge in [-0.05, 0) is 17.5 Å². The van der Waals surface area contributed by atoms with Crippen LogP contribution in [0, 0.1) is 11.8 Å². The molecule has 1 saturated heterocycles. The minimum atomic E-state index is -4.34. The molecular formula is C15H19F3N2O.